The molecule has 0 radical (unpaired) electrons. The Labute approximate surface area is 113 Å². The average molecular weight is 286 g/mol. The van der Waals surface area contributed by atoms with Crippen molar-refractivity contribution in [3.05, 3.63) is 39.8 Å². The van der Waals surface area contributed by atoms with E-state index < -0.39 is 5.97 Å². The first-order valence-corrected chi connectivity index (χ1v) is 6.04. The summed E-state index contributed by atoms with van der Waals surface area (Å²) < 4.78 is 4.56. The number of thiophene rings is 1. The van der Waals surface area contributed by atoms with Gasteiger partial charge in [-0.15, -0.1) is 11.3 Å². The van der Waals surface area contributed by atoms with Gasteiger partial charge in [-0.3, -0.25) is 0 Å². The summed E-state index contributed by atoms with van der Waals surface area (Å²) in [5.74, 6) is -0.939. The Morgan fingerprint density at radius 3 is 2.67 bits per heavy atom. The molecule has 96 valence electrons. The lowest BCUT2D eigenvalue weighted by atomic mass is 10.3. The molecular weight excluding hydrogens is 274 g/mol. The maximum Gasteiger partial charge on any atom is 0.358 e. The van der Waals surface area contributed by atoms with Gasteiger partial charge < -0.3 is 16.2 Å². The third-order valence-corrected chi connectivity index (χ3v) is 3.21. The molecule has 1 heterocycles. The molecule has 0 aliphatic rings. The van der Waals surface area contributed by atoms with E-state index >= 15 is 0 Å². The third kappa shape index (κ3) is 3.35. The SMILES string of the molecule is C=C(/N=C(/C(=O)OC)C(Cl)=C(N)N)c1cccs1. The van der Waals surface area contributed by atoms with Crippen molar-refractivity contribution in [2.75, 3.05) is 7.11 Å². The Hall–Kier alpha value is -1.79. The van der Waals surface area contributed by atoms with Gasteiger partial charge in [-0.1, -0.05) is 24.2 Å². The predicted octanol–water partition coefficient (Wildman–Crippen LogP) is 1.66. The molecule has 1 aromatic rings. The van der Waals surface area contributed by atoms with Crippen molar-refractivity contribution in [1.82, 2.24) is 0 Å². The number of methoxy groups -OCH3 is 1. The van der Waals surface area contributed by atoms with E-state index in [9.17, 15) is 4.79 Å². The summed E-state index contributed by atoms with van der Waals surface area (Å²) in [6.45, 7) is 3.75. The van der Waals surface area contributed by atoms with Crippen LogP contribution >= 0.6 is 22.9 Å². The first kappa shape index (κ1) is 14.3. The van der Waals surface area contributed by atoms with Crippen LogP contribution in [0.25, 0.3) is 5.70 Å². The van der Waals surface area contributed by atoms with Gasteiger partial charge in [0.1, 0.15) is 10.9 Å². The Balaban J connectivity index is 3.16. The van der Waals surface area contributed by atoms with Gasteiger partial charge in [0.15, 0.2) is 5.71 Å². The number of nitrogens with two attached hydrogens (primary N) is 2. The number of hydrogen-bond acceptors (Lipinski definition) is 6. The summed E-state index contributed by atoms with van der Waals surface area (Å²) in [4.78, 5) is 16.4. The Bertz CT molecular complexity index is 516. The van der Waals surface area contributed by atoms with Crippen LogP contribution in [0, 0.1) is 0 Å². The van der Waals surface area contributed by atoms with Crippen LogP contribution in [0.5, 0.6) is 0 Å². The highest BCUT2D eigenvalue weighted by atomic mass is 35.5. The van der Waals surface area contributed by atoms with Crippen LogP contribution < -0.4 is 11.5 Å². The van der Waals surface area contributed by atoms with Crippen molar-refractivity contribution in [2.24, 2.45) is 16.5 Å². The smallest absolute Gasteiger partial charge is 0.358 e. The maximum atomic E-state index is 11.5. The first-order valence-electron chi connectivity index (χ1n) is 4.78. The number of ether oxygens (including phenoxy) is 1. The second-order valence-electron chi connectivity index (χ2n) is 3.15. The van der Waals surface area contributed by atoms with Gasteiger partial charge >= 0.3 is 5.97 Å². The maximum absolute atomic E-state index is 11.5. The molecule has 0 atom stereocenters. The Morgan fingerprint density at radius 2 is 2.22 bits per heavy atom. The number of carbonyl (C=O) groups excluding carboxylic acids is 1. The van der Waals surface area contributed by atoms with Gasteiger partial charge in [0.2, 0.25) is 0 Å². The zero-order valence-corrected chi connectivity index (χ0v) is 11.2. The van der Waals surface area contributed by atoms with E-state index in [0.717, 1.165) is 4.88 Å². The molecule has 4 N–H and O–H groups in total. The molecule has 0 spiro atoms. The first-order chi connectivity index (χ1) is 8.47. The van der Waals surface area contributed by atoms with Gasteiger partial charge in [-0.05, 0) is 11.4 Å². The number of rotatable bonds is 4. The van der Waals surface area contributed by atoms with Crippen LogP contribution in [0.3, 0.4) is 0 Å². The lowest BCUT2D eigenvalue weighted by Crippen LogP contribution is -2.22. The highest BCUT2D eigenvalue weighted by Gasteiger charge is 2.18. The van der Waals surface area contributed by atoms with Crippen LogP contribution in [0.2, 0.25) is 0 Å². The predicted molar refractivity (Wildman–Crippen MR) is 74.1 cm³/mol. The number of esters is 1. The van der Waals surface area contributed by atoms with E-state index in [4.69, 9.17) is 23.1 Å². The average Bonchev–Trinajstić information content (AvgIpc) is 2.87. The molecule has 0 unspecified atom stereocenters. The zero-order chi connectivity index (χ0) is 13.7. The molecular formula is C11H12ClN3O2S. The van der Waals surface area contributed by atoms with Gasteiger partial charge in [0.25, 0.3) is 0 Å². The fraction of sp³-hybridized carbons (Fsp3) is 0.0909. The van der Waals surface area contributed by atoms with Crippen molar-refractivity contribution in [2.45, 2.75) is 0 Å². The lowest BCUT2D eigenvalue weighted by molar-refractivity contribution is -0.132. The fourth-order valence-corrected chi connectivity index (χ4v) is 1.81. The molecule has 0 aliphatic heterocycles. The number of nitrogens with zero attached hydrogens (tertiary/aromatic N) is 1. The molecule has 0 bridgehead atoms. The van der Waals surface area contributed by atoms with E-state index in [1.54, 1.807) is 0 Å². The van der Waals surface area contributed by atoms with Crippen LogP contribution in [0.1, 0.15) is 4.88 Å². The van der Waals surface area contributed by atoms with E-state index in [1.807, 2.05) is 17.5 Å². The van der Waals surface area contributed by atoms with E-state index in [-0.39, 0.29) is 16.6 Å². The van der Waals surface area contributed by atoms with Gasteiger partial charge in [0, 0.05) is 0 Å². The lowest BCUT2D eigenvalue weighted by Gasteiger charge is -2.05. The second-order valence-corrected chi connectivity index (χ2v) is 4.47. The van der Waals surface area contributed by atoms with Crippen molar-refractivity contribution in [3.63, 3.8) is 0 Å². The minimum atomic E-state index is -0.730. The summed E-state index contributed by atoms with van der Waals surface area (Å²) in [6, 6.07) is 3.65. The van der Waals surface area contributed by atoms with E-state index in [1.165, 1.54) is 18.4 Å². The monoisotopic (exact) mass is 285 g/mol. The normalized spacial score (nSPS) is 10.9. The number of aliphatic imine (C=N–C) groups is 1. The van der Waals surface area contributed by atoms with Crippen molar-refractivity contribution >= 4 is 40.3 Å². The zero-order valence-electron chi connectivity index (χ0n) is 9.64. The third-order valence-electron chi connectivity index (χ3n) is 1.89. The van der Waals surface area contributed by atoms with Gasteiger partial charge in [0.05, 0.1) is 17.7 Å². The summed E-state index contributed by atoms with van der Waals surface area (Å²) in [7, 11) is 1.21. The molecule has 0 saturated heterocycles. The Morgan fingerprint density at radius 1 is 1.56 bits per heavy atom. The highest BCUT2D eigenvalue weighted by Crippen LogP contribution is 2.21. The molecule has 18 heavy (non-hydrogen) atoms. The molecule has 0 amide bonds. The quantitative estimate of drug-likeness (QED) is 0.650. The van der Waals surface area contributed by atoms with Gasteiger partial charge in [-0.25, -0.2) is 9.79 Å². The fourth-order valence-electron chi connectivity index (χ4n) is 1.05. The minimum absolute atomic E-state index is 0.153. The summed E-state index contributed by atoms with van der Waals surface area (Å²) in [5.41, 5.74) is 10.9. The molecule has 0 saturated carbocycles. The number of carbonyl (C=O) groups is 1. The van der Waals surface area contributed by atoms with Crippen LogP contribution in [0.15, 0.2) is 39.9 Å². The highest BCUT2D eigenvalue weighted by molar-refractivity contribution is 7.11. The standard InChI is InChI=1S/C11H12ClN3O2S/c1-6(7-4-3-5-18-7)15-9(11(16)17-2)8(12)10(13)14/h3-5H,1,13-14H2,2H3/b15-9+. The minimum Gasteiger partial charge on any atom is -0.464 e. The van der Waals surface area contributed by atoms with E-state index in [2.05, 4.69) is 16.3 Å². The second kappa shape index (κ2) is 6.23. The number of hydrogen-bond donors (Lipinski definition) is 2. The molecule has 0 aliphatic carbocycles. The van der Waals surface area contributed by atoms with Crippen LogP contribution in [-0.4, -0.2) is 18.8 Å². The number of halogens is 1. The van der Waals surface area contributed by atoms with Crippen molar-refractivity contribution < 1.29 is 9.53 Å². The molecule has 7 heteroatoms. The van der Waals surface area contributed by atoms with E-state index in [0.29, 0.717) is 5.70 Å². The molecule has 5 nitrogen and oxygen atoms in total. The summed E-state index contributed by atoms with van der Waals surface area (Å²) in [6.07, 6.45) is 0. The van der Waals surface area contributed by atoms with Crippen LogP contribution in [-0.2, 0) is 9.53 Å². The topological polar surface area (TPSA) is 90.7 Å². The molecule has 0 aromatic carbocycles. The summed E-state index contributed by atoms with van der Waals surface area (Å²) in [5, 5.41) is 1.71. The van der Waals surface area contributed by atoms with Gasteiger partial charge in [-0.2, -0.15) is 0 Å². The molecule has 1 aromatic heterocycles. The van der Waals surface area contributed by atoms with Crippen molar-refractivity contribution in [1.29, 1.82) is 0 Å². The Kier molecular flexibility index (Phi) is 4.94. The van der Waals surface area contributed by atoms with Crippen molar-refractivity contribution in [3.8, 4) is 0 Å². The molecule has 1 rings (SSSR count). The van der Waals surface area contributed by atoms with Crippen LogP contribution in [0.4, 0.5) is 0 Å². The molecule has 0 fully saturated rings. The largest absolute Gasteiger partial charge is 0.464 e. The summed E-state index contributed by atoms with van der Waals surface area (Å²) >= 11 is 7.25.